The Bertz CT molecular complexity index is 487. The number of anilines is 1. The van der Waals surface area contributed by atoms with Gasteiger partial charge in [-0.3, -0.25) is 0 Å². The van der Waals surface area contributed by atoms with Crippen molar-refractivity contribution in [2.75, 3.05) is 5.32 Å². The Hall–Kier alpha value is -0.880. The van der Waals surface area contributed by atoms with Crippen LogP contribution < -0.4 is 5.32 Å². The van der Waals surface area contributed by atoms with Gasteiger partial charge in [-0.05, 0) is 33.7 Å². The van der Waals surface area contributed by atoms with Crippen LogP contribution in [0.15, 0.2) is 36.7 Å². The fraction of sp³-hybridized carbons (Fsp3) is 0.167. The number of nitrogens with zero attached hydrogens (tertiary/aromatic N) is 2. The molecule has 0 amide bonds. The fourth-order valence-corrected chi connectivity index (χ4v) is 1.85. The molecule has 0 unspecified atom stereocenters. The van der Waals surface area contributed by atoms with Crippen molar-refractivity contribution in [1.29, 1.82) is 0 Å². The van der Waals surface area contributed by atoms with E-state index in [0.717, 1.165) is 9.13 Å². The average molecular weight is 360 g/mol. The van der Waals surface area contributed by atoms with Crippen LogP contribution in [0, 0.1) is 3.57 Å². The zero-order chi connectivity index (χ0) is 12.1. The molecule has 2 rings (SSSR count). The SMILES string of the molecule is ClCc1cccc(CNc2ncc(I)cn2)c1. The van der Waals surface area contributed by atoms with E-state index in [0.29, 0.717) is 18.4 Å². The lowest BCUT2D eigenvalue weighted by Gasteiger charge is -2.05. The molecule has 1 N–H and O–H groups in total. The van der Waals surface area contributed by atoms with Crippen LogP contribution in [0.25, 0.3) is 0 Å². The van der Waals surface area contributed by atoms with Crippen LogP contribution >= 0.6 is 34.2 Å². The van der Waals surface area contributed by atoms with Gasteiger partial charge in [0, 0.05) is 28.4 Å². The maximum absolute atomic E-state index is 5.79. The van der Waals surface area contributed by atoms with Crippen molar-refractivity contribution >= 4 is 40.1 Å². The van der Waals surface area contributed by atoms with E-state index in [1.807, 2.05) is 12.1 Å². The van der Waals surface area contributed by atoms with E-state index < -0.39 is 0 Å². The zero-order valence-electron chi connectivity index (χ0n) is 9.03. The van der Waals surface area contributed by atoms with Crippen molar-refractivity contribution < 1.29 is 0 Å². The highest BCUT2D eigenvalue weighted by molar-refractivity contribution is 14.1. The van der Waals surface area contributed by atoms with Crippen LogP contribution in [0.1, 0.15) is 11.1 Å². The van der Waals surface area contributed by atoms with E-state index in [1.165, 1.54) is 5.56 Å². The summed E-state index contributed by atoms with van der Waals surface area (Å²) in [5, 5.41) is 3.17. The molecule has 88 valence electrons. The molecule has 1 aromatic heterocycles. The molecule has 2 aromatic rings. The molecular weight excluding hydrogens is 349 g/mol. The third kappa shape index (κ3) is 3.81. The summed E-state index contributed by atoms with van der Waals surface area (Å²) in [6, 6.07) is 8.14. The number of rotatable bonds is 4. The standard InChI is InChI=1S/C12H11ClIN3/c13-5-9-2-1-3-10(4-9)6-15-12-16-7-11(14)8-17-12/h1-4,7-8H,5-6H2,(H,15,16,17). The minimum absolute atomic E-state index is 0.536. The summed E-state index contributed by atoms with van der Waals surface area (Å²) in [4.78, 5) is 8.36. The van der Waals surface area contributed by atoms with Gasteiger partial charge in [0.25, 0.3) is 0 Å². The Kier molecular flexibility index (Phi) is 4.56. The average Bonchev–Trinajstić information content (AvgIpc) is 2.38. The molecule has 3 nitrogen and oxygen atoms in total. The van der Waals surface area contributed by atoms with Gasteiger partial charge in [-0.25, -0.2) is 9.97 Å². The van der Waals surface area contributed by atoms with Crippen LogP contribution in [-0.4, -0.2) is 9.97 Å². The third-order valence-electron chi connectivity index (χ3n) is 2.22. The monoisotopic (exact) mass is 359 g/mol. The van der Waals surface area contributed by atoms with E-state index >= 15 is 0 Å². The second-order valence-corrected chi connectivity index (χ2v) is 5.04. The lowest BCUT2D eigenvalue weighted by atomic mass is 10.1. The van der Waals surface area contributed by atoms with Crippen molar-refractivity contribution in [3.63, 3.8) is 0 Å². The molecule has 5 heteroatoms. The number of aromatic nitrogens is 2. The molecule has 1 heterocycles. The van der Waals surface area contributed by atoms with E-state index in [4.69, 9.17) is 11.6 Å². The van der Waals surface area contributed by atoms with Crippen molar-refractivity contribution in [2.24, 2.45) is 0 Å². The first kappa shape index (κ1) is 12.6. The first-order chi connectivity index (χ1) is 8.28. The third-order valence-corrected chi connectivity index (χ3v) is 3.08. The Morgan fingerprint density at radius 3 is 2.59 bits per heavy atom. The number of alkyl halides is 1. The molecule has 0 saturated heterocycles. The van der Waals surface area contributed by atoms with Gasteiger partial charge in [0.05, 0.1) is 0 Å². The summed E-state index contributed by atoms with van der Waals surface area (Å²) in [6.07, 6.45) is 3.57. The van der Waals surface area contributed by atoms with Crippen LogP contribution in [0.3, 0.4) is 0 Å². The van der Waals surface area contributed by atoms with Gasteiger partial charge < -0.3 is 5.32 Å². The maximum Gasteiger partial charge on any atom is 0.222 e. The molecule has 0 bridgehead atoms. The normalized spacial score (nSPS) is 10.2. The topological polar surface area (TPSA) is 37.8 Å². The Morgan fingerprint density at radius 1 is 1.18 bits per heavy atom. The van der Waals surface area contributed by atoms with E-state index in [2.05, 4.69) is 50.0 Å². The van der Waals surface area contributed by atoms with Crippen LogP contribution in [0.4, 0.5) is 5.95 Å². The highest BCUT2D eigenvalue weighted by atomic mass is 127. The van der Waals surface area contributed by atoms with Crippen molar-refractivity contribution in [2.45, 2.75) is 12.4 Å². The molecule has 0 saturated carbocycles. The smallest absolute Gasteiger partial charge is 0.222 e. The molecule has 0 aliphatic rings. The predicted molar refractivity (Wildman–Crippen MR) is 78.1 cm³/mol. The molecule has 0 aliphatic heterocycles. The molecule has 0 fully saturated rings. The Morgan fingerprint density at radius 2 is 1.88 bits per heavy atom. The summed E-state index contributed by atoms with van der Waals surface area (Å²) >= 11 is 7.97. The number of halogens is 2. The van der Waals surface area contributed by atoms with Crippen molar-refractivity contribution in [1.82, 2.24) is 9.97 Å². The molecule has 0 atom stereocenters. The van der Waals surface area contributed by atoms with Crippen LogP contribution in [0.2, 0.25) is 0 Å². The number of hydrogen-bond acceptors (Lipinski definition) is 3. The summed E-state index contributed by atoms with van der Waals surface area (Å²) in [5.41, 5.74) is 2.29. The molecule has 0 aliphatic carbocycles. The molecule has 17 heavy (non-hydrogen) atoms. The largest absolute Gasteiger partial charge is 0.350 e. The quantitative estimate of drug-likeness (QED) is 0.671. The molecule has 1 aromatic carbocycles. The fourth-order valence-electron chi connectivity index (χ4n) is 1.41. The first-order valence-corrected chi connectivity index (χ1v) is 6.74. The first-order valence-electron chi connectivity index (χ1n) is 5.13. The summed E-state index contributed by atoms with van der Waals surface area (Å²) in [5.74, 6) is 1.18. The second-order valence-electron chi connectivity index (χ2n) is 3.53. The summed E-state index contributed by atoms with van der Waals surface area (Å²) in [7, 11) is 0. The van der Waals surface area contributed by atoms with Gasteiger partial charge in [0.2, 0.25) is 5.95 Å². The van der Waals surface area contributed by atoms with Crippen molar-refractivity contribution in [3.8, 4) is 0 Å². The van der Waals surface area contributed by atoms with Gasteiger partial charge in [-0.15, -0.1) is 11.6 Å². The highest BCUT2D eigenvalue weighted by Crippen LogP contribution is 2.09. The zero-order valence-corrected chi connectivity index (χ0v) is 11.9. The second kappa shape index (κ2) is 6.16. The van der Waals surface area contributed by atoms with Crippen molar-refractivity contribution in [3.05, 3.63) is 51.4 Å². The maximum atomic E-state index is 5.79. The minimum Gasteiger partial charge on any atom is -0.350 e. The Labute approximate surface area is 119 Å². The van der Waals surface area contributed by atoms with Gasteiger partial charge in [0.1, 0.15) is 0 Å². The molecule has 0 radical (unpaired) electrons. The highest BCUT2D eigenvalue weighted by Gasteiger charge is 1.98. The predicted octanol–water partition coefficient (Wildman–Crippen LogP) is 3.43. The van der Waals surface area contributed by atoms with Crippen LogP contribution in [0.5, 0.6) is 0 Å². The summed E-state index contributed by atoms with van der Waals surface area (Å²) < 4.78 is 1.03. The number of nitrogens with one attached hydrogen (secondary N) is 1. The lowest BCUT2D eigenvalue weighted by Crippen LogP contribution is -2.03. The molecular formula is C12H11ClIN3. The Balaban J connectivity index is 1.99. The van der Waals surface area contributed by atoms with Crippen LogP contribution in [-0.2, 0) is 12.4 Å². The van der Waals surface area contributed by atoms with E-state index in [9.17, 15) is 0 Å². The van der Waals surface area contributed by atoms with Gasteiger partial charge in [-0.1, -0.05) is 24.3 Å². The molecule has 0 spiro atoms. The minimum atomic E-state index is 0.536. The lowest BCUT2D eigenvalue weighted by molar-refractivity contribution is 1.04. The van der Waals surface area contributed by atoms with Gasteiger partial charge in [0.15, 0.2) is 0 Å². The summed E-state index contributed by atoms with van der Waals surface area (Å²) in [6.45, 7) is 0.700. The van der Waals surface area contributed by atoms with E-state index in [-0.39, 0.29) is 0 Å². The van der Waals surface area contributed by atoms with Gasteiger partial charge in [-0.2, -0.15) is 0 Å². The van der Waals surface area contributed by atoms with Gasteiger partial charge >= 0.3 is 0 Å². The number of benzene rings is 1. The van der Waals surface area contributed by atoms with E-state index in [1.54, 1.807) is 12.4 Å². The number of hydrogen-bond donors (Lipinski definition) is 1.